The fourth-order valence-corrected chi connectivity index (χ4v) is 0.681. The van der Waals surface area contributed by atoms with Gasteiger partial charge in [-0.15, -0.1) is 0 Å². The summed E-state index contributed by atoms with van der Waals surface area (Å²) in [6, 6.07) is 0. The maximum Gasteiger partial charge on any atom is 0.0952 e. The number of rotatable bonds is 5. The standard InChI is InChI=1S/C8H16N2/c1-4-6-7-10(5-2)8(3)9/h5H,2-4,6-7,9H2,1H3. The predicted molar refractivity (Wildman–Crippen MR) is 45.1 cm³/mol. The largest absolute Gasteiger partial charge is 0.386 e. The molecule has 2 nitrogen and oxygen atoms in total. The molecule has 0 aromatic heterocycles. The van der Waals surface area contributed by atoms with Gasteiger partial charge in [-0.25, -0.2) is 0 Å². The number of nitrogens with two attached hydrogens (primary N) is 1. The van der Waals surface area contributed by atoms with Crippen LogP contribution in [0.2, 0.25) is 0 Å². The summed E-state index contributed by atoms with van der Waals surface area (Å²) in [7, 11) is 0. The van der Waals surface area contributed by atoms with Crippen LogP contribution in [-0.4, -0.2) is 11.4 Å². The van der Waals surface area contributed by atoms with Gasteiger partial charge in [0.1, 0.15) is 0 Å². The fraction of sp³-hybridized carbons (Fsp3) is 0.500. The zero-order valence-electron chi connectivity index (χ0n) is 6.64. The van der Waals surface area contributed by atoms with E-state index in [1.165, 1.54) is 0 Å². The molecule has 0 unspecified atom stereocenters. The molecule has 0 aliphatic carbocycles. The Morgan fingerprint density at radius 3 is 2.60 bits per heavy atom. The van der Waals surface area contributed by atoms with E-state index in [1.807, 2.05) is 4.90 Å². The van der Waals surface area contributed by atoms with Crippen molar-refractivity contribution in [1.82, 2.24) is 4.90 Å². The van der Waals surface area contributed by atoms with Crippen LogP contribution in [0.3, 0.4) is 0 Å². The van der Waals surface area contributed by atoms with Crippen molar-refractivity contribution in [2.45, 2.75) is 19.8 Å². The van der Waals surface area contributed by atoms with Crippen LogP contribution in [0.15, 0.2) is 25.2 Å². The third-order valence-corrected chi connectivity index (χ3v) is 1.34. The van der Waals surface area contributed by atoms with Gasteiger partial charge in [0.25, 0.3) is 0 Å². The van der Waals surface area contributed by atoms with E-state index in [9.17, 15) is 0 Å². The molecule has 0 bridgehead atoms. The van der Waals surface area contributed by atoms with Gasteiger partial charge >= 0.3 is 0 Å². The minimum Gasteiger partial charge on any atom is -0.386 e. The minimum atomic E-state index is 0.573. The lowest BCUT2D eigenvalue weighted by Gasteiger charge is -2.17. The van der Waals surface area contributed by atoms with Gasteiger partial charge < -0.3 is 10.6 Å². The maximum atomic E-state index is 5.45. The molecular weight excluding hydrogens is 124 g/mol. The average molecular weight is 140 g/mol. The van der Waals surface area contributed by atoms with Crippen LogP contribution in [-0.2, 0) is 0 Å². The summed E-state index contributed by atoms with van der Waals surface area (Å²) in [6.07, 6.45) is 4.00. The first-order valence-electron chi connectivity index (χ1n) is 3.56. The summed E-state index contributed by atoms with van der Waals surface area (Å²) >= 11 is 0. The predicted octanol–water partition coefficient (Wildman–Crippen LogP) is 1.66. The molecule has 0 aromatic carbocycles. The van der Waals surface area contributed by atoms with Crippen molar-refractivity contribution < 1.29 is 0 Å². The molecule has 2 N–H and O–H groups in total. The molecule has 0 aromatic rings. The van der Waals surface area contributed by atoms with Crippen molar-refractivity contribution in [3.8, 4) is 0 Å². The van der Waals surface area contributed by atoms with Crippen LogP contribution >= 0.6 is 0 Å². The van der Waals surface area contributed by atoms with E-state index in [2.05, 4.69) is 20.1 Å². The van der Waals surface area contributed by atoms with E-state index in [4.69, 9.17) is 5.73 Å². The molecule has 0 aliphatic heterocycles. The van der Waals surface area contributed by atoms with Gasteiger partial charge in [-0.1, -0.05) is 26.5 Å². The van der Waals surface area contributed by atoms with E-state index in [-0.39, 0.29) is 0 Å². The average Bonchev–Trinajstić information content (AvgIpc) is 1.89. The van der Waals surface area contributed by atoms with Gasteiger partial charge in [-0.3, -0.25) is 0 Å². The number of nitrogens with zero attached hydrogens (tertiary/aromatic N) is 1. The Labute approximate surface area is 63.0 Å². The molecule has 0 amide bonds. The van der Waals surface area contributed by atoms with E-state index >= 15 is 0 Å². The Bertz CT molecular complexity index is 118. The van der Waals surface area contributed by atoms with Crippen molar-refractivity contribution in [1.29, 1.82) is 0 Å². The zero-order valence-corrected chi connectivity index (χ0v) is 6.64. The summed E-state index contributed by atoms with van der Waals surface area (Å²) in [5, 5.41) is 0. The monoisotopic (exact) mass is 140 g/mol. The van der Waals surface area contributed by atoms with E-state index in [0.29, 0.717) is 5.82 Å². The van der Waals surface area contributed by atoms with Gasteiger partial charge in [0.2, 0.25) is 0 Å². The first-order chi connectivity index (χ1) is 4.72. The zero-order chi connectivity index (χ0) is 7.98. The van der Waals surface area contributed by atoms with Crippen LogP contribution < -0.4 is 5.73 Å². The SMILES string of the molecule is C=CN(CCCC)C(=C)N. The molecule has 0 fully saturated rings. The quantitative estimate of drug-likeness (QED) is 0.629. The topological polar surface area (TPSA) is 29.3 Å². The molecule has 58 valence electrons. The van der Waals surface area contributed by atoms with Crippen LogP contribution in [0.4, 0.5) is 0 Å². The van der Waals surface area contributed by atoms with Gasteiger partial charge in [-0.05, 0) is 12.6 Å². The molecule has 2 heteroatoms. The Hall–Kier alpha value is -0.920. The molecule has 10 heavy (non-hydrogen) atoms. The lowest BCUT2D eigenvalue weighted by atomic mass is 10.3. The van der Waals surface area contributed by atoms with E-state index < -0.39 is 0 Å². The van der Waals surface area contributed by atoms with E-state index in [1.54, 1.807) is 6.20 Å². The highest BCUT2D eigenvalue weighted by Crippen LogP contribution is 1.98. The lowest BCUT2D eigenvalue weighted by Crippen LogP contribution is -2.22. The van der Waals surface area contributed by atoms with Crippen LogP contribution in [0.5, 0.6) is 0 Å². The highest BCUT2D eigenvalue weighted by molar-refractivity contribution is 4.92. The summed E-state index contributed by atoms with van der Waals surface area (Å²) in [6.45, 7) is 10.3. The Morgan fingerprint density at radius 2 is 2.30 bits per heavy atom. The minimum absolute atomic E-state index is 0.573. The van der Waals surface area contributed by atoms with Crippen molar-refractivity contribution in [3.05, 3.63) is 25.2 Å². The van der Waals surface area contributed by atoms with Crippen molar-refractivity contribution in [3.63, 3.8) is 0 Å². The van der Waals surface area contributed by atoms with Crippen LogP contribution in [0.25, 0.3) is 0 Å². The molecule has 0 atom stereocenters. The third kappa shape index (κ3) is 3.17. The van der Waals surface area contributed by atoms with Crippen molar-refractivity contribution >= 4 is 0 Å². The molecule has 0 radical (unpaired) electrons. The summed E-state index contributed by atoms with van der Waals surface area (Å²) in [4.78, 5) is 1.85. The summed E-state index contributed by atoms with van der Waals surface area (Å²) in [5.74, 6) is 0.573. The van der Waals surface area contributed by atoms with Gasteiger partial charge in [-0.2, -0.15) is 0 Å². The Kier molecular flexibility index (Phi) is 4.46. The smallest absolute Gasteiger partial charge is 0.0952 e. The second kappa shape index (κ2) is 4.91. The first kappa shape index (κ1) is 9.08. The number of hydrogen-bond donors (Lipinski definition) is 1. The normalized spacial score (nSPS) is 8.90. The lowest BCUT2D eigenvalue weighted by molar-refractivity contribution is 0.447. The molecule has 0 aliphatic rings. The Balaban J connectivity index is 3.60. The molecule has 0 saturated carbocycles. The molecule has 0 spiro atoms. The molecular formula is C8H16N2. The Morgan fingerprint density at radius 1 is 1.70 bits per heavy atom. The fourth-order valence-electron chi connectivity index (χ4n) is 0.681. The van der Waals surface area contributed by atoms with Gasteiger partial charge in [0, 0.05) is 6.54 Å². The molecule has 0 saturated heterocycles. The maximum absolute atomic E-state index is 5.45. The van der Waals surface area contributed by atoms with E-state index in [0.717, 1.165) is 19.4 Å². The molecule has 0 heterocycles. The number of hydrogen-bond acceptors (Lipinski definition) is 2. The molecule has 0 rings (SSSR count). The van der Waals surface area contributed by atoms with Gasteiger partial charge in [0.15, 0.2) is 0 Å². The van der Waals surface area contributed by atoms with Crippen LogP contribution in [0, 0.1) is 0 Å². The van der Waals surface area contributed by atoms with Crippen LogP contribution in [0.1, 0.15) is 19.8 Å². The third-order valence-electron chi connectivity index (χ3n) is 1.34. The number of unbranched alkanes of at least 4 members (excludes halogenated alkanes) is 1. The highest BCUT2D eigenvalue weighted by Gasteiger charge is 1.96. The van der Waals surface area contributed by atoms with Crippen molar-refractivity contribution in [2.75, 3.05) is 6.54 Å². The highest BCUT2D eigenvalue weighted by atomic mass is 15.2. The second-order valence-electron chi connectivity index (χ2n) is 2.22. The second-order valence-corrected chi connectivity index (χ2v) is 2.22. The van der Waals surface area contributed by atoms with Gasteiger partial charge in [0.05, 0.1) is 5.82 Å². The first-order valence-corrected chi connectivity index (χ1v) is 3.56. The summed E-state index contributed by atoms with van der Waals surface area (Å²) in [5.41, 5.74) is 5.45. The van der Waals surface area contributed by atoms with Crippen molar-refractivity contribution in [2.24, 2.45) is 5.73 Å². The summed E-state index contributed by atoms with van der Waals surface area (Å²) < 4.78 is 0.